The molecule has 19 heavy (non-hydrogen) atoms. The fourth-order valence-corrected chi connectivity index (χ4v) is 2.08. The predicted octanol–water partition coefficient (Wildman–Crippen LogP) is 2.09. The zero-order chi connectivity index (χ0) is 13.7. The van der Waals surface area contributed by atoms with Crippen molar-refractivity contribution < 1.29 is 13.6 Å². The number of anilines is 1. The van der Waals surface area contributed by atoms with E-state index in [4.69, 9.17) is 0 Å². The molecule has 1 heterocycles. The van der Waals surface area contributed by atoms with Crippen molar-refractivity contribution in [3.8, 4) is 0 Å². The normalized spacial score (nSPS) is 16.1. The summed E-state index contributed by atoms with van der Waals surface area (Å²) in [4.78, 5) is 11.6. The molecule has 0 bridgehead atoms. The largest absolute Gasteiger partial charge is 0.338 e. The van der Waals surface area contributed by atoms with Gasteiger partial charge in [-0.25, -0.2) is 13.6 Å². The summed E-state index contributed by atoms with van der Waals surface area (Å²) in [5, 5.41) is 8.32. The molecule has 104 valence electrons. The molecule has 2 amide bonds. The van der Waals surface area contributed by atoms with Crippen molar-refractivity contribution in [2.24, 2.45) is 5.92 Å². The van der Waals surface area contributed by atoms with Crippen LogP contribution in [0, 0.1) is 17.6 Å². The number of carbonyl (C=O) groups is 1. The second kappa shape index (κ2) is 6.47. The zero-order valence-corrected chi connectivity index (χ0v) is 10.5. The Labute approximate surface area is 110 Å². The van der Waals surface area contributed by atoms with Crippen LogP contribution in [0.25, 0.3) is 0 Å². The second-order valence-electron chi connectivity index (χ2n) is 4.65. The van der Waals surface area contributed by atoms with Crippen molar-refractivity contribution in [2.75, 3.05) is 25.0 Å². The SMILES string of the molecule is O=C(NCC1CCNCC1)Nc1ccc(F)cc1F. The minimum atomic E-state index is -0.781. The van der Waals surface area contributed by atoms with E-state index in [-0.39, 0.29) is 5.69 Å². The van der Waals surface area contributed by atoms with Crippen molar-refractivity contribution in [2.45, 2.75) is 12.8 Å². The molecule has 0 aromatic heterocycles. The van der Waals surface area contributed by atoms with Crippen LogP contribution >= 0.6 is 0 Å². The number of piperidine rings is 1. The van der Waals surface area contributed by atoms with Crippen LogP contribution in [0.15, 0.2) is 18.2 Å². The van der Waals surface area contributed by atoms with E-state index in [1.165, 1.54) is 6.07 Å². The topological polar surface area (TPSA) is 53.2 Å². The highest BCUT2D eigenvalue weighted by molar-refractivity contribution is 5.89. The molecule has 0 atom stereocenters. The van der Waals surface area contributed by atoms with Crippen molar-refractivity contribution in [3.63, 3.8) is 0 Å². The molecular weight excluding hydrogens is 252 g/mol. The lowest BCUT2D eigenvalue weighted by Crippen LogP contribution is -2.37. The highest BCUT2D eigenvalue weighted by atomic mass is 19.1. The van der Waals surface area contributed by atoms with E-state index in [0.29, 0.717) is 12.5 Å². The van der Waals surface area contributed by atoms with Gasteiger partial charge in [-0.1, -0.05) is 0 Å². The summed E-state index contributed by atoms with van der Waals surface area (Å²) in [5.74, 6) is -1.000. The standard InChI is InChI=1S/C13H17F2N3O/c14-10-1-2-12(11(15)7-10)18-13(19)17-8-9-3-5-16-6-4-9/h1-2,7,9,16H,3-6,8H2,(H2,17,18,19). The molecule has 1 aromatic rings. The molecule has 1 aromatic carbocycles. The summed E-state index contributed by atoms with van der Waals surface area (Å²) in [6.45, 7) is 2.48. The zero-order valence-electron chi connectivity index (χ0n) is 10.5. The van der Waals surface area contributed by atoms with Gasteiger partial charge in [0.1, 0.15) is 11.6 Å². The predicted molar refractivity (Wildman–Crippen MR) is 69.0 cm³/mol. The van der Waals surface area contributed by atoms with E-state index >= 15 is 0 Å². The van der Waals surface area contributed by atoms with E-state index in [0.717, 1.165) is 38.1 Å². The maximum Gasteiger partial charge on any atom is 0.319 e. The first-order valence-corrected chi connectivity index (χ1v) is 6.36. The molecule has 0 unspecified atom stereocenters. The van der Waals surface area contributed by atoms with Crippen LogP contribution in [0.3, 0.4) is 0 Å². The van der Waals surface area contributed by atoms with Gasteiger partial charge in [-0.15, -0.1) is 0 Å². The third-order valence-electron chi connectivity index (χ3n) is 3.19. The Hall–Kier alpha value is -1.69. The maximum absolute atomic E-state index is 13.3. The third-order valence-corrected chi connectivity index (χ3v) is 3.19. The third kappa shape index (κ3) is 4.17. The van der Waals surface area contributed by atoms with Crippen LogP contribution in [-0.2, 0) is 0 Å². The number of benzene rings is 1. The Bertz CT molecular complexity index is 448. The first kappa shape index (κ1) is 13.7. The van der Waals surface area contributed by atoms with Crippen LogP contribution in [-0.4, -0.2) is 25.7 Å². The van der Waals surface area contributed by atoms with E-state index < -0.39 is 17.7 Å². The van der Waals surface area contributed by atoms with Gasteiger partial charge >= 0.3 is 6.03 Å². The van der Waals surface area contributed by atoms with Gasteiger partial charge in [-0.05, 0) is 44.0 Å². The minimum absolute atomic E-state index is 0.0239. The van der Waals surface area contributed by atoms with Gasteiger partial charge < -0.3 is 16.0 Å². The molecule has 6 heteroatoms. The summed E-state index contributed by atoms with van der Waals surface area (Å²) in [5.41, 5.74) is -0.0239. The Morgan fingerprint density at radius 3 is 2.74 bits per heavy atom. The highest BCUT2D eigenvalue weighted by Gasteiger charge is 2.14. The van der Waals surface area contributed by atoms with Crippen molar-refractivity contribution in [3.05, 3.63) is 29.8 Å². The highest BCUT2D eigenvalue weighted by Crippen LogP contribution is 2.15. The van der Waals surface area contributed by atoms with E-state index in [1.807, 2.05) is 0 Å². The van der Waals surface area contributed by atoms with E-state index in [9.17, 15) is 13.6 Å². The summed E-state index contributed by atoms with van der Waals surface area (Å²) < 4.78 is 26.0. The molecule has 4 nitrogen and oxygen atoms in total. The lowest BCUT2D eigenvalue weighted by molar-refractivity contribution is 0.248. The van der Waals surface area contributed by atoms with Gasteiger partial charge in [0, 0.05) is 12.6 Å². The van der Waals surface area contributed by atoms with Crippen LogP contribution in [0.5, 0.6) is 0 Å². The Balaban J connectivity index is 1.80. The van der Waals surface area contributed by atoms with Gasteiger partial charge in [-0.2, -0.15) is 0 Å². The molecular formula is C13H17F2N3O. The van der Waals surface area contributed by atoms with Crippen molar-refractivity contribution in [1.82, 2.24) is 10.6 Å². The number of hydrogen-bond donors (Lipinski definition) is 3. The van der Waals surface area contributed by atoms with Gasteiger partial charge in [0.2, 0.25) is 0 Å². The van der Waals surface area contributed by atoms with Crippen LogP contribution in [0.4, 0.5) is 19.3 Å². The van der Waals surface area contributed by atoms with Crippen molar-refractivity contribution >= 4 is 11.7 Å². The Morgan fingerprint density at radius 1 is 1.32 bits per heavy atom. The first-order chi connectivity index (χ1) is 9.15. The fourth-order valence-electron chi connectivity index (χ4n) is 2.08. The number of amides is 2. The average Bonchev–Trinajstić information content (AvgIpc) is 2.41. The number of hydrogen-bond acceptors (Lipinski definition) is 2. The molecule has 0 aliphatic carbocycles. The van der Waals surface area contributed by atoms with Gasteiger partial charge in [0.05, 0.1) is 5.69 Å². The Kier molecular flexibility index (Phi) is 4.68. The molecule has 1 aliphatic heterocycles. The minimum Gasteiger partial charge on any atom is -0.338 e. The number of nitrogens with one attached hydrogen (secondary N) is 3. The van der Waals surface area contributed by atoms with Crippen LogP contribution in [0.1, 0.15) is 12.8 Å². The monoisotopic (exact) mass is 269 g/mol. The molecule has 1 aliphatic rings. The number of carbonyl (C=O) groups excluding carboxylic acids is 1. The molecule has 2 rings (SSSR count). The van der Waals surface area contributed by atoms with E-state index in [1.54, 1.807) is 0 Å². The Morgan fingerprint density at radius 2 is 2.05 bits per heavy atom. The fraction of sp³-hybridized carbons (Fsp3) is 0.462. The molecule has 0 radical (unpaired) electrons. The summed E-state index contributed by atoms with van der Waals surface area (Å²) in [7, 11) is 0. The van der Waals surface area contributed by atoms with Crippen LogP contribution < -0.4 is 16.0 Å². The van der Waals surface area contributed by atoms with Crippen molar-refractivity contribution in [1.29, 1.82) is 0 Å². The molecule has 0 spiro atoms. The maximum atomic E-state index is 13.3. The average molecular weight is 269 g/mol. The van der Waals surface area contributed by atoms with Gasteiger partial charge in [0.15, 0.2) is 0 Å². The summed E-state index contributed by atoms with van der Waals surface area (Å²) in [6.07, 6.45) is 2.04. The lowest BCUT2D eigenvalue weighted by Gasteiger charge is -2.22. The first-order valence-electron chi connectivity index (χ1n) is 6.36. The quantitative estimate of drug-likeness (QED) is 0.787. The smallest absolute Gasteiger partial charge is 0.319 e. The molecule has 1 fully saturated rings. The molecule has 0 saturated carbocycles. The summed E-state index contributed by atoms with van der Waals surface area (Å²) in [6, 6.07) is 2.58. The number of halogens is 2. The van der Waals surface area contributed by atoms with Gasteiger partial charge in [-0.3, -0.25) is 0 Å². The second-order valence-corrected chi connectivity index (χ2v) is 4.65. The van der Waals surface area contributed by atoms with Crippen LogP contribution in [0.2, 0.25) is 0 Å². The molecule has 3 N–H and O–H groups in total. The number of urea groups is 1. The van der Waals surface area contributed by atoms with E-state index in [2.05, 4.69) is 16.0 Å². The van der Waals surface area contributed by atoms with Gasteiger partial charge in [0.25, 0.3) is 0 Å². The lowest BCUT2D eigenvalue weighted by atomic mass is 9.98. The summed E-state index contributed by atoms with van der Waals surface area (Å²) >= 11 is 0. The molecule has 1 saturated heterocycles. The number of rotatable bonds is 3.